The summed E-state index contributed by atoms with van der Waals surface area (Å²) in [5.74, 6) is 1.89. The Bertz CT molecular complexity index is 606. The van der Waals surface area contributed by atoms with Crippen molar-refractivity contribution in [1.82, 2.24) is 4.90 Å². The molecule has 0 fully saturated rings. The van der Waals surface area contributed by atoms with Gasteiger partial charge in [0, 0.05) is 19.5 Å². The molecule has 0 atom stereocenters. The Morgan fingerprint density at radius 1 is 1.10 bits per heavy atom. The predicted molar refractivity (Wildman–Crippen MR) is 74.4 cm³/mol. The van der Waals surface area contributed by atoms with Gasteiger partial charge in [0.2, 0.25) is 12.7 Å². The van der Waals surface area contributed by atoms with Crippen molar-refractivity contribution in [3.63, 3.8) is 0 Å². The highest BCUT2D eigenvalue weighted by Crippen LogP contribution is 2.40. The fraction of sp³-hybridized carbons (Fsp3) is 0.438. The fourth-order valence-electron chi connectivity index (χ4n) is 3.20. The third kappa shape index (κ3) is 1.87. The predicted octanol–water partition coefficient (Wildman–Crippen LogP) is 2.71. The summed E-state index contributed by atoms with van der Waals surface area (Å²) in [5, 5.41) is 0. The number of benzene rings is 1. The molecule has 4 heteroatoms. The van der Waals surface area contributed by atoms with E-state index in [9.17, 15) is 4.79 Å². The van der Waals surface area contributed by atoms with Crippen molar-refractivity contribution in [2.45, 2.75) is 32.2 Å². The minimum Gasteiger partial charge on any atom is -0.454 e. The lowest BCUT2D eigenvalue weighted by molar-refractivity contribution is -0.131. The standard InChI is InChI=1S/C16H17NO3/c18-16-4-2-1-3-11-5-6-17(16)9-12-7-14-15(8-13(11)12)20-10-19-14/h3,7-8H,1-2,4-6,9-10H2/b11-3-. The number of hydrogen-bond donors (Lipinski definition) is 0. The maximum atomic E-state index is 12.2. The number of carbonyl (C=O) groups is 1. The van der Waals surface area contributed by atoms with Gasteiger partial charge in [0.15, 0.2) is 11.5 Å². The van der Waals surface area contributed by atoms with Gasteiger partial charge in [-0.25, -0.2) is 0 Å². The van der Waals surface area contributed by atoms with Gasteiger partial charge in [0.1, 0.15) is 0 Å². The third-order valence-electron chi connectivity index (χ3n) is 4.29. The van der Waals surface area contributed by atoms with E-state index in [1.165, 1.54) is 16.7 Å². The van der Waals surface area contributed by atoms with Crippen LogP contribution in [0.3, 0.4) is 0 Å². The quantitative estimate of drug-likeness (QED) is 0.728. The molecule has 3 aliphatic heterocycles. The SMILES string of the molecule is O=C1CCC/C=C2/CCN1Cc1cc3c(cc12)OCO3. The maximum Gasteiger partial charge on any atom is 0.231 e. The van der Waals surface area contributed by atoms with E-state index in [2.05, 4.69) is 12.1 Å². The lowest BCUT2D eigenvalue weighted by Crippen LogP contribution is -2.30. The first-order valence-corrected chi connectivity index (χ1v) is 7.21. The van der Waals surface area contributed by atoms with Gasteiger partial charge in [-0.15, -0.1) is 0 Å². The lowest BCUT2D eigenvalue weighted by atomic mass is 9.96. The number of amides is 1. The molecule has 1 aromatic carbocycles. The number of fused-ring (bicyclic) bond motifs is 6. The Kier molecular flexibility index (Phi) is 2.69. The number of hydrogen-bond acceptors (Lipinski definition) is 3. The Morgan fingerprint density at radius 2 is 1.95 bits per heavy atom. The molecule has 2 bridgehead atoms. The Hall–Kier alpha value is -1.97. The summed E-state index contributed by atoms with van der Waals surface area (Å²) in [6.45, 7) is 1.79. The van der Waals surface area contributed by atoms with Crippen LogP contribution in [0.1, 0.15) is 36.8 Å². The minimum absolute atomic E-state index is 0.269. The summed E-state index contributed by atoms with van der Waals surface area (Å²) in [4.78, 5) is 14.2. The van der Waals surface area contributed by atoms with Crippen molar-refractivity contribution in [2.24, 2.45) is 0 Å². The Morgan fingerprint density at radius 3 is 2.85 bits per heavy atom. The molecule has 0 radical (unpaired) electrons. The van der Waals surface area contributed by atoms with E-state index in [0.717, 1.165) is 37.3 Å². The molecule has 4 rings (SSSR count). The fourth-order valence-corrected chi connectivity index (χ4v) is 3.20. The first-order valence-electron chi connectivity index (χ1n) is 7.21. The van der Waals surface area contributed by atoms with Crippen LogP contribution in [-0.2, 0) is 11.3 Å². The summed E-state index contributed by atoms with van der Waals surface area (Å²) in [7, 11) is 0. The van der Waals surface area contributed by atoms with E-state index in [1.807, 2.05) is 11.0 Å². The van der Waals surface area contributed by atoms with Crippen molar-refractivity contribution in [3.05, 3.63) is 29.3 Å². The molecule has 0 saturated heterocycles. The van der Waals surface area contributed by atoms with Crippen LogP contribution in [0.2, 0.25) is 0 Å². The van der Waals surface area contributed by atoms with Crippen LogP contribution < -0.4 is 9.47 Å². The van der Waals surface area contributed by atoms with E-state index in [4.69, 9.17) is 9.47 Å². The van der Waals surface area contributed by atoms with Crippen LogP contribution in [0.15, 0.2) is 18.2 Å². The van der Waals surface area contributed by atoms with Gasteiger partial charge >= 0.3 is 0 Å². The molecule has 3 heterocycles. The minimum atomic E-state index is 0.269. The highest BCUT2D eigenvalue weighted by Gasteiger charge is 2.25. The summed E-state index contributed by atoms with van der Waals surface area (Å²) < 4.78 is 11.0. The van der Waals surface area contributed by atoms with Crippen molar-refractivity contribution in [2.75, 3.05) is 13.3 Å². The van der Waals surface area contributed by atoms with E-state index in [-0.39, 0.29) is 5.91 Å². The molecule has 1 aromatic rings. The number of ether oxygens (including phenoxy) is 2. The summed E-state index contributed by atoms with van der Waals surface area (Å²) in [6, 6.07) is 4.12. The Balaban J connectivity index is 1.85. The number of allylic oxidation sites excluding steroid dienone is 1. The summed E-state index contributed by atoms with van der Waals surface area (Å²) >= 11 is 0. The Labute approximate surface area is 118 Å². The number of carbonyl (C=O) groups excluding carboxylic acids is 1. The normalized spacial score (nSPS) is 23.3. The topological polar surface area (TPSA) is 38.8 Å². The van der Waals surface area contributed by atoms with Gasteiger partial charge in [-0.1, -0.05) is 6.08 Å². The van der Waals surface area contributed by atoms with Crippen molar-refractivity contribution < 1.29 is 14.3 Å². The highest BCUT2D eigenvalue weighted by atomic mass is 16.7. The summed E-state index contributed by atoms with van der Waals surface area (Å²) in [6.07, 6.45) is 5.80. The molecular weight excluding hydrogens is 254 g/mol. The van der Waals surface area contributed by atoms with Crippen molar-refractivity contribution >= 4 is 11.5 Å². The summed E-state index contributed by atoms with van der Waals surface area (Å²) in [5.41, 5.74) is 3.75. The molecular formula is C16H17NO3. The van der Waals surface area contributed by atoms with Crippen LogP contribution in [-0.4, -0.2) is 24.1 Å². The monoisotopic (exact) mass is 271 g/mol. The molecule has 20 heavy (non-hydrogen) atoms. The molecule has 0 saturated carbocycles. The number of nitrogens with zero attached hydrogens (tertiary/aromatic N) is 1. The van der Waals surface area contributed by atoms with Gasteiger partial charge in [0.05, 0.1) is 0 Å². The molecule has 4 nitrogen and oxygen atoms in total. The third-order valence-corrected chi connectivity index (χ3v) is 4.29. The second-order valence-corrected chi connectivity index (χ2v) is 5.55. The van der Waals surface area contributed by atoms with Gasteiger partial charge in [-0.05, 0) is 48.1 Å². The van der Waals surface area contributed by atoms with Crippen LogP contribution in [0.4, 0.5) is 0 Å². The molecule has 3 aliphatic rings. The zero-order chi connectivity index (χ0) is 13.5. The molecule has 0 aromatic heterocycles. The van der Waals surface area contributed by atoms with Crippen LogP contribution in [0.5, 0.6) is 11.5 Å². The van der Waals surface area contributed by atoms with E-state index < -0.39 is 0 Å². The largest absolute Gasteiger partial charge is 0.454 e. The van der Waals surface area contributed by atoms with Crippen molar-refractivity contribution in [3.8, 4) is 11.5 Å². The zero-order valence-electron chi connectivity index (χ0n) is 11.4. The van der Waals surface area contributed by atoms with Crippen LogP contribution in [0.25, 0.3) is 5.57 Å². The van der Waals surface area contributed by atoms with Crippen LogP contribution in [0, 0.1) is 0 Å². The molecule has 104 valence electrons. The average Bonchev–Trinajstić information content (AvgIpc) is 2.85. The van der Waals surface area contributed by atoms with E-state index in [1.54, 1.807) is 0 Å². The van der Waals surface area contributed by atoms with Crippen LogP contribution >= 0.6 is 0 Å². The lowest BCUT2D eigenvalue weighted by Gasteiger charge is -2.20. The molecule has 1 amide bonds. The first-order chi connectivity index (χ1) is 9.81. The van der Waals surface area contributed by atoms with Gasteiger partial charge < -0.3 is 14.4 Å². The highest BCUT2D eigenvalue weighted by molar-refractivity contribution is 5.79. The van der Waals surface area contributed by atoms with E-state index in [0.29, 0.717) is 19.8 Å². The zero-order valence-corrected chi connectivity index (χ0v) is 11.4. The number of rotatable bonds is 0. The maximum absolute atomic E-state index is 12.2. The average molecular weight is 271 g/mol. The molecule has 0 spiro atoms. The van der Waals surface area contributed by atoms with Gasteiger partial charge in [-0.3, -0.25) is 4.79 Å². The van der Waals surface area contributed by atoms with E-state index >= 15 is 0 Å². The van der Waals surface area contributed by atoms with Crippen molar-refractivity contribution in [1.29, 1.82) is 0 Å². The van der Waals surface area contributed by atoms with Gasteiger partial charge in [0.25, 0.3) is 0 Å². The smallest absolute Gasteiger partial charge is 0.231 e. The molecule has 0 aliphatic carbocycles. The molecule has 0 unspecified atom stereocenters. The second kappa shape index (κ2) is 4.54. The van der Waals surface area contributed by atoms with Gasteiger partial charge in [-0.2, -0.15) is 0 Å². The second-order valence-electron chi connectivity index (χ2n) is 5.55. The first kappa shape index (κ1) is 11.8. The molecule has 0 N–H and O–H groups in total.